The Bertz CT molecular complexity index is 300. The molecule has 0 bridgehead atoms. The van der Waals surface area contributed by atoms with E-state index in [1.54, 1.807) is 20.8 Å². The van der Waals surface area contributed by atoms with Crippen LogP contribution in [0.4, 0.5) is 0 Å². The molecule has 0 spiro atoms. The molecule has 1 atom stereocenters. The second-order valence-corrected chi connectivity index (χ2v) is 4.12. The summed E-state index contributed by atoms with van der Waals surface area (Å²) in [6.45, 7) is 6.05. The van der Waals surface area contributed by atoms with Crippen LogP contribution in [0, 0.1) is 0 Å². The van der Waals surface area contributed by atoms with Gasteiger partial charge in [-0.1, -0.05) is 0 Å². The Hall–Kier alpha value is -1.59. The largest absolute Gasteiger partial charge is 0.357 e. The Morgan fingerprint density at radius 2 is 1.69 bits per heavy atom. The lowest BCUT2D eigenvalue weighted by atomic mass is 10.0. The molecule has 0 aliphatic heterocycles. The normalized spacial score (nSPS) is 12.6. The molecular weight excluding hydrogens is 210 g/mol. The molecule has 0 aromatic rings. The highest BCUT2D eigenvalue weighted by Crippen LogP contribution is 2.02. The van der Waals surface area contributed by atoms with Crippen LogP contribution < -0.4 is 16.0 Å². The lowest BCUT2D eigenvalue weighted by Gasteiger charge is -2.26. The smallest absolute Gasteiger partial charge is 0.244 e. The van der Waals surface area contributed by atoms with E-state index in [2.05, 4.69) is 16.0 Å². The molecule has 0 aliphatic carbocycles. The van der Waals surface area contributed by atoms with Gasteiger partial charge >= 0.3 is 0 Å². The van der Waals surface area contributed by atoms with Gasteiger partial charge in [0, 0.05) is 14.0 Å². The van der Waals surface area contributed by atoms with Crippen molar-refractivity contribution < 1.29 is 14.4 Å². The summed E-state index contributed by atoms with van der Waals surface area (Å²) in [7, 11) is 1.49. The number of hydrogen-bond donors (Lipinski definition) is 3. The van der Waals surface area contributed by atoms with Gasteiger partial charge in [-0.05, 0) is 20.8 Å². The van der Waals surface area contributed by atoms with Crippen LogP contribution in [0.2, 0.25) is 0 Å². The molecular formula is C10H19N3O3. The number of carbonyl (C=O) groups is 3. The second-order valence-electron chi connectivity index (χ2n) is 4.12. The van der Waals surface area contributed by atoms with Gasteiger partial charge in [-0.15, -0.1) is 0 Å². The van der Waals surface area contributed by atoms with Gasteiger partial charge < -0.3 is 16.0 Å². The maximum atomic E-state index is 11.6. The molecule has 6 nitrogen and oxygen atoms in total. The predicted molar refractivity (Wildman–Crippen MR) is 59.6 cm³/mol. The van der Waals surface area contributed by atoms with Crippen molar-refractivity contribution in [1.82, 2.24) is 16.0 Å². The third-order valence-electron chi connectivity index (χ3n) is 2.04. The van der Waals surface area contributed by atoms with Gasteiger partial charge in [0.2, 0.25) is 17.7 Å². The first-order valence-corrected chi connectivity index (χ1v) is 5.02. The molecule has 6 heteroatoms. The Labute approximate surface area is 95.2 Å². The minimum atomic E-state index is -1.00. The van der Waals surface area contributed by atoms with Crippen molar-refractivity contribution in [2.75, 3.05) is 7.05 Å². The molecule has 16 heavy (non-hydrogen) atoms. The Morgan fingerprint density at radius 3 is 2.06 bits per heavy atom. The third kappa shape index (κ3) is 4.29. The fraction of sp³-hybridized carbons (Fsp3) is 0.700. The van der Waals surface area contributed by atoms with Crippen molar-refractivity contribution in [2.45, 2.75) is 39.3 Å². The van der Waals surface area contributed by atoms with Gasteiger partial charge in [0.25, 0.3) is 0 Å². The number of nitrogens with one attached hydrogen (secondary N) is 3. The monoisotopic (exact) mass is 229 g/mol. The number of hydrogen-bond acceptors (Lipinski definition) is 3. The maximum Gasteiger partial charge on any atom is 0.244 e. The quantitative estimate of drug-likeness (QED) is 0.587. The maximum absolute atomic E-state index is 11.6. The summed E-state index contributed by atoms with van der Waals surface area (Å²) in [6.07, 6.45) is 0. The number of rotatable bonds is 4. The topological polar surface area (TPSA) is 87.3 Å². The zero-order valence-electron chi connectivity index (χ0n) is 10.3. The van der Waals surface area contributed by atoms with Crippen molar-refractivity contribution in [3.05, 3.63) is 0 Å². The van der Waals surface area contributed by atoms with Crippen LogP contribution in [0.15, 0.2) is 0 Å². The van der Waals surface area contributed by atoms with Crippen LogP contribution in [0.3, 0.4) is 0 Å². The Kier molecular flexibility index (Phi) is 4.94. The van der Waals surface area contributed by atoms with Crippen LogP contribution >= 0.6 is 0 Å². The number of likely N-dealkylation sites (N-methyl/N-ethyl adjacent to an activating group) is 1. The Balaban J connectivity index is 4.44. The zero-order valence-corrected chi connectivity index (χ0v) is 10.3. The molecule has 92 valence electrons. The van der Waals surface area contributed by atoms with E-state index in [1.807, 2.05) is 0 Å². The van der Waals surface area contributed by atoms with E-state index in [-0.39, 0.29) is 11.8 Å². The molecule has 0 aromatic carbocycles. The van der Waals surface area contributed by atoms with E-state index >= 15 is 0 Å². The van der Waals surface area contributed by atoms with Crippen molar-refractivity contribution in [2.24, 2.45) is 0 Å². The van der Waals surface area contributed by atoms with Crippen LogP contribution in [0.25, 0.3) is 0 Å². The molecule has 0 heterocycles. The lowest BCUT2D eigenvalue weighted by molar-refractivity contribution is -0.133. The molecule has 0 saturated carbocycles. The van der Waals surface area contributed by atoms with Gasteiger partial charge in [0.05, 0.1) is 0 Å². The fourth-order valence-electron chi connectivity index (χ4n) is 1.16. The average Bonchev–Trinajstić information content (AvgIpc) is 2.14. The Morgan fingerprint density at radius 1 is 1.19 bits per heavy atom. The van der Waals surface area contributed by atoms with E-state index in [0.29, 0.717) is 0 Å². The van der Waals surface area contributed by atoms with E-state index in [0.717, 1.165) is 0 Å². The van der Waals surface area contributed by atoms with Gasteiger partial charge in [-0.25, -0.2) is 0 Å². The first kappa shape index (κ1) is 14.4. The predicted octanol–water partition coefficient (Wildman–Crippen LogP) is -0.848. The van der Waals surface area contributed by atoms with E-state index in [4.69, 9.17) is 0 Å². The molecule has 0 fully saturated rings. The van der Waals surface area contributed by atoms with Crippen molar-refractivity contribution in [3.63, 3.8) is 0 Å². The van der Waals surface area contributed by atoms with Crippen LogP contribution in [0.1, 0.15) is 27.7 Å². The molecule has 0 saturated heterocycles. The van der Waals surface area contributed by atoms with Crippen LogP contribution in [0.5, 0.6) is 0 Å². The summed E-state index contributed by atoms with van der Waals surface area (Å²) in [5, 5.41) is 7.44. The van der Waals surface area contributed by atoms with Crippen molar-refractivity contribution in [3.8, 4) is 0 Å². The first-order valence-electron chi connectivity index (χ1n) is 5.02. The highest BCUT2D eigenvalue weighted by molar-refractivity contribution is 5.93. The van der Waals surface area contributed by atoms with E-state index in [1.165, 1.54) is 14.0 Å². The van der Waals surface area contributed by atoms with E-state index in [9.17, 15) is 14.4 Å². The second kappa shape index (κ2) is 5.48. The molecule has 3 N–H and O–H groups in total. The fourth-order valence-corrected chi connectivity index (χ4v) is 1.16. The minimum Gasteiger partial charge on any atom is -0.357 e. The van der Waals surface area contributed by atoms with Gasteiger partial charge in [-0.3, -0.25) is 14.4 Å². The molecule has 0 aromatic heterocycles. The SMILES string of the molecule is CNC(=O)C(C)(C)NC(=O)[C@H](C)NC(C)=O. The van der Waals surface area contributed by atoms with Gasteiger partial charge in [-0.2, -0.15) is 0 Å². The van der Waals surface area contributed by atoms with Crippen molar-refractivity contribution >= 4 is 17.7 Å². The van der Waals surface area contributed by atoms with Crippen molar-refractivity contribution in [1.29, 1.82) is 0 Å². The lowest BCUT2D eigenvalue weighted by Crippen LogP contribution is -2.58. The highest BCUT2D eigenvalue weighted by Gasteiger charge is 2.30. The molecule has 0 rings (SSSR count). The van der Waals surface area contributed by atoms with Crippen LogP contribution in [-0.2, 0) is 14.4 Å². The highest BCUT2D eigenvalue weighted by atomic mass is 16.2. The summed E-state index contributed by atoms with van der Waals surface area (Å²) in [5.41, 5.74) is -1.00. The molecule has 0 radical (unpaired) electrons. The average molecular weight is 229 g/mol. The summed E-state index contributed by atoms with van der Waals surface area (Å²) >= 11 is 0. The molecule has 0 unspecified atom stereocenters. The van der Waals surface area contributed by atoms with Crippen LogP contribution in [-0.4, -0.2) is 36.3 Å². The summed E-state index contributed by atoms with van der Waals surface area (Å²) in [4.78, 5) is 33.8. The first-order chi connectivity index (χ1) is 7.20. The summed E-state index contributed by atoms with van der Waals surface area (Å²) < 4.78 is 0. The third-order valence-corrected chi connectivity index (χ3v) is 2.04. The molecule has 3 amide bonds. The summed E-state index contributed by atoms with van der Waals surface area (Å²) in [5.74, 6) is -0.986. The number of amides is 3. The molecule has 0 aliphatic rings. The number of carbonyl (C=O) groups excluding carboxylic acids is 3. The standard InChI is InChI=1S/C10H19N3O3/c1-6(12-7(2)14)8(15)13-10(3,4)9(16)11-5/h6H,1-5H3,(H,11,16)(H,12,14)(H,13,15)/t6-/m0/s1. The van der Waals surface area contributed by atoms with Gasteiger partial charge in [0.15, 0.2) is 0 Å². The van der Waals surface area contributed by atoms with E-state index < -0.39 is 17.5 Å². The minimum absolute atomic E-state index is 0.291. The van der Waals surface area contributed by atoms with Gasteiger partial charge in [0.1, 0.15) is 11.6 Å². The summed E-state index contributed by atoms with van der Waals surface area (Å²) in [6, 6.07) is -0.665. The zero-order chi connectivity index (χ0) is 12.9.